The zero-order valence-corrected chi connectivity index (χ0v) is 19.5. The van der Waals surface area contributed by atoms with E-state index in [2.05, 4.69) is 26.0 Å². The Hall–Kier alpha value is -4.50. The lowest BCUT2D eigenvalue weighted by Crippen LogP contribution is -2.27. The molecule has 6 aromatic heterocycles. The molecule has 0 bridgehead atoms. The van der Waals surface area contributed by atoms with E-state index in [1.807, 2.05) is 53.2 Å². The monoisotopic (exact) mass is 476 g/mol. The number of halogens is 1. The van der Waals surface area contributed by atoms with Crippen LogP contribution in [0.4, 0.5) is 4.39 Å². The molecule has 6 aromatic rings. The van der Waals surface area contributed by atoms with Crippen LogP contribution >= 0.6 is 0 Å². The van der Waals surface area contributed by atoms with Crippen molar-refractivity contribution in [3.63, 3.8) is 0 Å². The third-order valence-corrected chi connectivity index (χ3v) is 6.54. The maximum absolute atomic E-state index is 14.0. The Morgan fingerprint density at radius 1 is 0.917 bits per heavy atom. The lowest BCUT2D eigenvalue weighted by Gasteiger charge is -2.13. The number of pyridine rings is 4. The molecule has 7 heterocycles. The summed E-state index contributed by atoms with van der Waals surface area (Å²) in [6.07, 6.45) is 5.87. The number of nitrogens with zero attached hydrogens (tertiary/aromatic N) is 7. The molecule has 7 rings (SSSR count). The minimum absolute atomic E-state index is 0.328. The van der Waals surface area contributed by atoms with Crippen molar-refractivity contribution in [3.05, 3.63) is 84.5 Å². The molecule has 0 aliphatic carbocycles. The second-order valence-electron chi connectivity index (χ2n) is 8.87. The third kappa shape index (κ3) is 3.36. The van der Waals surface area contributed by atoms with Crippen LogP contribution < -0.4 is 5.32 Å². The molecule has 0 spiro atoms. The second kappa shape index (κ2) is 8.03. The molecular formula is C27H21FN8. The molecule has 1 aliphatic heterocycles. The first-order valence-corrected chi connectivity index (χ1v) is 11.8. The predicted molar refractivity (Wildman–Crippen MR) is 135 cm³/mol. The highest BCUT2D eigenvalue weighted by atomic mass is 19.1. The van der Waals surface area contributed by atoms with E-state index in [0.717, 1.165) is 64.8 Å². The van der Waals surface area contributed by atoms with E-state index >= 15 is 0 Å². The average Bonchev–Trinajstić information content (AvgIpc) is 3.52. The molecule has 0 atom stereocenters. The van der Waals surface area contributed by atoms with Crippen molar-refractivity contribution in [2.24, 2.45) is 0 Å². The normalized spacial score (nSPS) is 13.4. The number of hydrogen-bond acceptors (Lipinski definition) is 6. The van der Waals surface area contributed by atoms with Crippen molar-refractivity contribution >= 4 is 16.7 Å². The fourth-order valence-corrected chi connectivity index (χ4v) is 4.70. The first kappa shape index (κ1) is 20.8. The summed E-state index contributed by atoms with van der Waals surface area (Å²) in [5.41, 5.74) is 7.21. The number of rotatable bonds is 3. The van der Waals surface area contributed by atoms with E-state index in [-0.39, 0.29) is 5.82 Å². The van der Waals surface area contributed by atoms with Gasteiger partial charge in [0, 0.05) is 37.2 Å². The molecule has 9 heteroatoms. The summed E-state index contributed by atoms with van der Waals surface area (Å²) in [5, 5.41) is 3.35. The van der Waals surface area contributed by atoms with Crippen LogP contribution in [0, 0.1) is 12.7 Å². The van der Waals surface area contributed by atoms with E-state index in [9.17, 15) is 4.39 Å². The molecule has 0 aromatic carbocycles. The molecule has 0 saturated heterocycles. The number of aryl methyl sites for hydroxylation is 1. The molecule has 0 fully saturated rings. The van der Waals surface area contributed by atoms with E-state index in [0.29, 0.717) is 17.1 Å². The Morgan fingerprint density at radius 3 is 2.72 bits per heavy atom. The van der Waals surface area contributed by atoms with Crippen LogP contribution in [0.5, 0.6) is 0 Å². The Morgan fingerprint density at radius 2 is 1.83 bits per heavy atom. The predicted octanol–water partition coefficient (Wildman–Crippen LogP) is 4.42. The van der Waals surface area contributed by atoms with Gasteiger partial charge in [-0.05, 0) is 49.4 Å². The summed E-state index contributed by atoms with van der Waals surface area (Å²) in [6, 6.07) is 14.8. The van der Waals surface area contributed by atoms with Crippen LogP contribution in [-0.2, 0) is 13.1 Å². The van der Waals surface area contributed by atoms with Crippen molar-refractivity contribution in [2.75, 3.05) is 6.54 Å². The second-order valence-corrected chi connectivity index (χ2v) is 8.87. The topological polar surface area (TPSA) is 85.8 Å². The summed E-state index contributed by atoms with van der Waals surface area (Å²) < 4.78 is 18.1. The maximum Gasteiger partial charge on any atom is 0.144 e. The van der Waals surface area contributed by atoms with Crippen LogP contribution in [-0.4, -0.2) is 40.4 Å². The maximum atomic E-state index is 14.0. The Bertz CT molecular complexity index is 1760. The van der Waals surface area contributed by atoms with Gasteiger partial charge in [-0.2, -0.15) is 0 Å². The zero-order valence-electron chi connectivity index (χ0n) is 19.5. The largest absolute Gasteiger partial charge is 0.332 e. The highest BCUT2D eigenvalue weighted by Gasteiger charge is 2.20. The first-order chi connectivity index (χ1) is 17.6. The van der Waals surface area contributed by atoms with Gasteiger partial charge in [0.2, 0.25) is 0 Å². The number of nitrogens with one attached hydrogen (secondary N) is 1. The van der Waals surface area contributed by atoms with E-state index < -0.39 is 0 Å². The van der Waals surface area contributed by atoms with Crippen molar-refractivity contribution in [1.29, 1.82) is 0 Å². The number of fused-ring (bicyclic) bond motifs is 3. The smallest absolute Gasteiger partial charge is 0.144 e. The summed E-state index contributed by atoms with van der Waals surface area (Å²) in [6.45, 7) is 4.25. The highest BCUT2D eigenvalue weighted by molar-refractivity contribution is 5.85. The van der Waals surface area contributed by atoms with Gasteiger partial charge in [-0.25, -0.2) is 24.3 Å². The lowest BCUT2D eigenvalue weighted by molar-refractivity contribution is 0.505. The molecular weight excluding hydrogens is 455 g/mol. The van der Waals surface area contributed by atoms with Crippen molar-refractivity contribution in [3.8, 4) is 34.0 Å². The molecule has 1 N–H and O–H groups in total. The van der Waals surface area contributed by atoms with E-state index in [1.54, 1.807) is 13.0 Å². The molecule has 0 unspecified atom stereocenters. The SMILES string of the molecule is Cc1nc(-c2nc3ccccn3c2-c2ccc3ncc(-c4cn5c(n4)CNCC5)cc3n2)ccc1F. The summed E-state index contributed by atoms with van der Waals surface area (Å²) >= 11 is 0. The quantitative estimate of drug-likeness (QED) is 0.407. The molecule has 1 aliphatic rings. The summed E-state index contributed by atoms with van der Waals surface area (Å²) in [7, 11) is 0. The standard InChI is InChI=1S/C27H21FN8/c1-16-18(28)5-6-20(31-16)26-27(36-10-3-2-4-24(36)34-26)21-8-7-19-22(32-21)12-17(13-30-19)23-15-35-11-9-29-14-25(35)33-23/h2-8,10,12-13,15,29H,9,11,14H2,1H3. The van der Waals surface area contributed by atoms with Crippen LogP contribution in [0.2, 0.25) is 0 Å². The Labute approximate surface area is 205 Å². The Balaban J connectivity index is 1.39. The van der Waals surface area contributed by atoms with Gasteiger partial charge in [0.25, 0.3) is 0 Å². The third-order valence-electron chi connectivity index (χ3n) is 6.54. The van der Waals surface area contributed by atoms with Crippen LogP contribution in [0.25, 0.3) is 50.7 Å². The van der Waals surface area contributed by atoms with Crippen LogP contribution in [0.3, 0.4) is 0 Å². The molecule has 176 valence electrons. The van der Waals surface area contributed by atoms with Crippen molar-refractivity contribution in [1.82, 2.24) is 39.2 Å². The van der Waals surface area contributed by atoms with Crippen LogP contribution in [0.15, 0.2) is 67.1 Å². The summed E-state index contributed by atoms with van der Waals surface area (Å²) in [5.74, 6) is 0.679. The van der Waals surface area contributed by atoms with Gasteiger partial charge in [0.15, 0.2) is 0 Å². The van der Waals surface area contributed by atoms with Gasteiger partial charge in [0.1, 0.15) is 28.7 Å². The molecule has 0 radical (unpaired) electrons. The fourth-order valence-electron chi connectivity index (χ4n) is 4.70. The highest BCUT2D eigenvalue weighted by Crippen LogP contribution is 2.32. The molecule has 8 nitrogen and oxygen atoms in total. The number of imidazole rings is 2. The van der Waals surface area contributed by atoms with Gasteiger partial charge in [0.05, 0.1) is 40.4 Å². The first-order valence-electron chi connectivity index (χ1n) is 11.8. The van der Waals surface area contributed by atoms with E-state index in [4.69, 9.17) is 15.0 Å². The van der Waals surface area contributed by atoms with Crippen molar-refractivity contribution < 1.29 is 4.39 Å². The van der Waals surface area contributed by atoms with Gasteiger partial charge in [-0.3, -0.25) is 9.38 Å². The zero-order chi connectivity index (χ0) is 24.2. The van der Waals surface area contributed by atoms with Gasteiger partial charge < -0.3 is 9.88 Å². The van der Waals surface area contributed by atoms with Gasteiger partial charge in [-0.15, -0.1) is 0 Å². The summed E-state index contributed by atoms with van der Waals surface area (Å²) in [4.78, 5) is 23.7. The fraction of sp³-hybridized carbons (Fsp3) is 0.148. The Kier molecular flexibility index (Phi) is 4.65. The van der Waals surface area contributed by atoms with E-state index in [1.165, 1.54) is 6.07 Å². The van der Waals surface area contributed by atoms with Gasteiger partial charge in [-0.1, -0.05) is 6.07 Å². The number of aromatic nitrogens is 7. The number of hydrogen-bond donors (Lipinski definition) is 1. The average molecular weight is 477 g/mol. The van der Waals surface area contributed by atoms with Crippen molar-refractivity contribution in [2.45, 2.75) is 20.0 Å². The van der Waals surface area contributed by atoms with Gasteiger partial charge >= 0.3 is 0 Å². The molecule has 0 amide bonds. The van der Waals surface area contributed by atoms with Crippen LogP contribution in [0.1, 0.15) is 11.5 Å². The lowest BCUT2D eigenvalue weighted by atomic mass is 10.1. The minimum Gasteiger partial charge on any atom is -0.332 e. The molecule has 0 saturated carbocycles. The minimum atomic E-state index is -0.344. The molecule has 36 heavy (non-hydrogen) atoms.